The molecule has 0 unspecified atom stereocenters. The van der Waals surface area contributed by atoms with Crippen molar-refractivity contribution in [1.82, 2.24) is 4.57 Å². The first-order valence-corrected chi connectivity index (χ1v) is 15.4. The van der Waals surface area contributed by atoms with Gasteiger partial charge < -0.3 is 4.90 Å². The number of nitrogens with zero attached hydrogens (tertiary/aromatic N) is 3. The maximum atomic E-state index is 13.4. The van der Waals surface area contributed by atoms with E-state index in [1.54, 1.807) is 28.0 Å². The van der Waals surface area contributed by atoms with Gasteiger partial charge in [-0.15, -0.1) is 11.3 Å². The maximum Gasteiger partial charge on any atom is 0.271 e. The molecule has 0 bridgehead atoms. The number of rotatable bonds is 5. The fourth-order valence-corrected chi connectivity index (χ4v) is 7.91. The molecule has 0 saturated carbocycles. The highest BCUT2D eigenvalue weighted by atomic mass is 32.2. The first kappa shape index (κ1) is 24.1. The summed E-state index contributed by atoms with van der Waals surface area (Å²) in [4.78, 5) is 16.6. The van der Waals surface area contributed by atoms with Crippen LogP contribution in [0, 0.1) is 0 Å². The van der Waals surface area contributed by atoms with Crippen molar-refractivity contribution in [2.75, 3.05) is 18.2 Å². The van der Waals surface area contributed by atoms with Gasteiger partial charge in [0.05, 0.1) is 22.0 Å². The van der Waals surface area contributed by atoms with Crippen LogP contribution >= 0.6 is 34.4 Å². The van der Waals surface area contributed by atoms with E-state index in [4.69, 9.17) is 0 Å². The second-order valence-corrected chi connectivity index (χ2v) is 13.2. The van der Waals surface area contributed by atoms with Gasteiger partial charge in [-0.05, 0) is 25.1 Å². The summed E-state index contributed by atoms with van der Waals surface area (Å²) in [5, 5.41) is 3.96. The number of hydrogen-bond acceptors (Lipinski definition) is 7. The van der Waals surface area contributed by atoms with E-state index in [0.717, 1.165) is 31.8 Å². The van der Waals surface area contributed by atoms with Crippen LogP contribution in [-0.4, -0.2) is 26.3 Å². The zero-order valence-corrected chi connectivity index (χ0v) is 22.7. The molecule has 0 amide bonds. The number of hydrogen-bond donors (Lipinski definition) is 0. The van der Waals surface area contributed by atoms with E-state index in [-0.39, 0.29) is 10.5 Å². The molecule has 0 saturated heterocycles. The molecule has 35 heavy (non-hydrogen) atoms. The highest BCUT2D eigenvalue weighted by molar-refractivity contribution is 8.08. The van der Waals surface area contributed by atoms with E-state index >= 15 is 0 Å². The third kappa shape index (κ3) is 4.63. The quantitative estimate of drug-likeness (QED) is 0.363. The Morgan fingerprint density at radius 2 is 1.89 bits per heavy atom. The standard InChI is InChI=1S/C25H24N3O3S4/c1-4-28-22(15-21-27(12-13-32-21)16-17-8-6-5-7-9-17)34-23(24(28)29)25-26(2)19-14-18(35(3,30)31)10-11-20(19)33-25/h5-15H,4,16H2,1-3H3/q+1/b25-23+. The summed E-state index contributed by atoms with van der Waals surface area (Å²) in [7, 11) is -1.43. The minimum absolute atomic E-state index is 0.0274. The van der Waals surface area contributed by atoms with Crippen molar-refractivity contribution in [2.24, 2.45) is 0 Å². The number of thiazole rings is 2. The molecule has 0 atom stereocenters. The van der Waals surface area contributed by atoms with Gasteiger partial charge in [-0.25, -0.2) is 8.42 Å². The molecule has 0 radical (unpaired) electrons. The molecule has 0 N–H and O–H groups in total. The fraction of sp³-hybridized carbons (Fsp3) is 0.200. The molecule has 1 aliphatic heterocycles. The van der Waals surface area contributed by atoms with E-state index in [0.29, 0.717) is 11.1 Å². The molecule has 0 fully saturated rings. The Morgan fingerprint density at radius 3 is 2.60 bits per heavy atom. The average Bonchev–Trinajstić information content (AvgIpc) is 3.50. The SMILES string of the molecule is CCn1c(=O)/c(=C2\Sc3ccc(S(C)(=O)=O)cc3N2C)s/c1=C\c1scc[n+]1Cc1ccccc1. The lowest BCUT2D eigenvalue weighted by Gasteiger charge is -2.13. The Bertz CT molecular complexity index is 1700. The van der Waals surface area contributed by atoms with Crippen LogP contribution in [0.25, 0.3) is 11.1 Å². The lowest BCUT2D eigenvalue weighted by molar-refractivity contribution is -0.685. The van der Waals surface area contributed by atoms with Crippen molar-refractivity contribution in [1.29, 1.82) is 0 Å². The number of aromatic nitrogens is 2. The lowest BCUT2D eigenvalue weighted by atomic mass is 10.2. The molecule has 2 aromatic carbocycles. The molecule has 3 heterocycles. The fourth-order valence-electron chi connectivity index (χ4n) is 3.97. The molecule has 5 rings (SSSR count). The van der Waals surface area contributed by atoms with Crippen molar-refractivity contribution in [3.8, 4) is 0 Å². The lowest BCUT2D eigenvalue weighted by Crippen LogP contribution is -2.36. The van der Waals surface area contributed by atoms with Crippen LogP contribution in [0.1, 0.15) is 17.5 Å². The van der Waals surface area contributed by atoms with Crippen LogP contribution < -0.4 is 24.2 Å². The van der Waals surface area contributed by atoms with Crippen LogP contribution in [0.2, 0.25) is 0 Å². The summed E-state index contributed by atoms with van der Waals surface area (Å²) < 4.78 is 29.6. The van der Waals surface area contributed by atoms with Gasteiger partial charge in [-0.1, -0.05) is 53.4 Å². The van der Waals surface area contributed by atoms with Crippen molar-refractivity contribution >= 4 is 61.1 Å². The van der Waals surface area contributed by atoms with E-state index in [2.05, 4.69) is 34.4 Å². The van der Waals surface area contributed by atoms with Gasteiger partial charge in [-0.2, -0.15) is 4.57 Å². The predicted molar refractivity (Wildman–Crippen MR) is 144 cm³/mol. The zero-order chi connectivity index (χ0) is 24.7. The highest BCUT2D eigenvalue weighted by Gasteiger charge is 2.26. The van der Waals surface area contributed by atoms with E-state index in [1.807, 2.05) is 43.1 Å². The van der Waals surface area contributed by atoms with Crippen LogP contribution in [0.3, 0.4) is 0 Å². The molecular formula is C25H24N3O3S4+. The summed E-state index contributed by atoms with van der Waals surface area (Å²) in [5.41, 5.74) is 1.99. The first-order valence-electron chi connectivity index (χ1n) is 11.0. The first-order chi connectivity index (χ1) is 16.8. The van der Waals surface area contributed by atoms with Gasteiger partial charge in [0.2, 0.25) is 0 Å². The normalized spacial score (nSPS) is 15.6. The molecule has 2 aromatic heterocycles. The second-order valence-electron chi connectivity index (χ2n) is 8.19. The zero-order valence-electron chi connectivity index (χ0n) is 19.5. The number of fused-ring (bicyclic) bond motifs is 1. The van der Waals surface area contributed by atoms with Gasteiger partial charge in [-0.3, -0.25) is 9.36 Å². The Kier molecular flexibility index (Phi) is 6.47. The van der Waals surface area contributed by atoms with Crippen molar-refractivity contribution in [3.63, 3.8) is 0 Å². The number of benzene rings is 2. The average molecular weight is 543 g/mol. The summed E-state index contributed by atoms with van der Waals surface area (Å²) in [5.74, 6) is 0. The Hall–Kier alpha value is -2.66. The number of sulfone groups is 1. The summed E-state index contributed by atoms with van der Waals surface area (Å²) in [6.45, 7) is 3.31. The molecule has 10 heteroatoms. The minimum Gasteiger partial charge on any atom is -0.337 e. The second kappa shape index (κ2) is 9.42. The third-order valence-electron chi connectivity index (χ3n) is 5.81. The van der Waals surface area contributed by atoms with Crippen molar-refractivity contribution in [2.45, 2.75) is 29.8 Å². The Morgan fingerprint density at radius 1 is 1.11 bits per heavy atom. The van der Waals surface area contributed by atoms with Gasteiger partial charge in [0.1, 0.15) is 14.2 Å². The Balaban J connectivity index is 1.60. The van der Waals surface area contributed by atoms with E-state index in [1.165, 1.54) is 34.9 Å². The molecule has 4 aromatic rings. The number of thioether (sulfide) groups is 1. The molecule has 0 spiro atoms. The highest BCUT2D eigenvalue weighted by Crippen LogP contribution is 2.46. The molecule has 180 valence electrons. The Labute approximate surface area is 216 Å². The van der Waals surface area contributed by atoms with Crippen molar-refractivity contribution in [3.05, 3.63) is 90.2 Å². The van der Waals surface area contributed by atoms with Crippen LogP contribution in [0.4, 0.5) is 5.69 Å². The van der Waals surface area contributed by atoms with Crippen molar-refractivity contribution < 1.29 is 13.0 Å². The van der Waals surface area contributed by atoms with E-state index < -0.39 is 9.84 Å². The predicted octanol–water partition coefficient (Wildman–Crippen LogP) is 2.87. The van der Waals surface area contributed by atoms with Crippen LogP contribution in [0.5, 0.6) is 0 Å². The van der Waals surface area contributed by atoms with E-state index in [9.17, 15) is 13.2 Å². The molecule has 1 aliphatic rings. The van der Waals surface area contributed by atoms with Gasteiger partial charge >= 0.3 is 0 Å². The van der Waals surface area contributed by atoms with Gasteiger partial charge in [0.25, 0.3) is 10.6 Å². The molecular weight excluding hydrogens is 519 g/mol. The topological polar surface area (TPSA) is 63.3 Å². The van der Waals surface area contributed by atoms with Gasteiger partial charge in [0.15, 0.2) is 22.6 Å². The number of anilines is 1. The minimum atomic E-state index is -3.32. The monoisotopic (exact) mass is 542 g/mol. The maximum absolute atomic E-state index is 13.4. The van der Waals surface area contributed by atoms with Gasteiger partial charge in [0, 0.05) is 30.3 Å². The molecule has 0 aliphatic carbocycles. The van der Waals surface area contributed by atoms with Crippen LogP contribution in [-0.2, 0) is 22.9 Å². The molecule has 6 nitrogen and oxygen atoms in total. The van der Waals surface area contributed by atoms with Crippen LogP contribution in [0.15, 0.2) is 74.7 Å². The largest absolute Gasteiger partial charge is 0.337 e. The summed E-state index contributed by atoms with van der Waals surface area (Å²) >= 11 is 4.62. The smallest absolute Gasteiger partial charge is 0.271 e. The summed E-state index contributed by atoms with van der Waals surface area (Å²) in [6.07, 6.45) is 5.36. The third-order valence-corrected chi connectivity index (χ3v) is 10.3. The summed E-state index contributed by atoms with van der Waals surface area (Å²) in [6, 6.07) is 15.4.